The van der Waals surface area contributed by atoms with Crippen molar-refractivity contribution < 1.29 is 14.6 Å². The number of hydrogen-bond donors (Lipinski definition) is 2. The summed E-state index contributed by atoms with van der Waals surface area (Å²) in [5.41, 5.74) is 0.581. The molecule has 0 radical (unpaired) electrons. The van der Waals surface area contributed by atoms with Crippen LogP contribution in [0.15, 0.2) is 18.2 Å². The van der Waals surface area contributed by atoms with Gasteiger partial charge in [0.2, 0.25) is 0 Å². The Bertz CT molecular complexity index is 405. The van der Waals surface area contributed by atoms with Gasteiger partial charge in [-0.3, -0.25) is 0 Å². The summed E-state index contributed by atoms with van der Waals surface area (Å²) in [6, 6.07) is 6.05. The molecule has 86 valence electrons. The van der Waals surface area contributed by atoms with Crippen LogP contribution in [0.5, 0.6) is 0 Å². The van der Waals surface area contributed by atoms with E-state index in [2.05, 4.69) is 15.9 Å². The fourth-order valence-electron chi connectivity index (χ4n) is 1.30. The first-order valence-electron chi connectivity index (χ1n) is 4.67. The number of halogens is 2. The highest BCUT2D eigenvalue weighted by Gasteiger charge is 2.20. The Morgan fingerprint density at radius 2 is 2.12 bits per heavy atom. The molecular weight excluding hydrogens is 277 g/mol. The molecule has 0 fully saturated rings. The van der Waals surface area contributed by atoms with E-state index in [4.69, 9.17) is 5.26 Å². The maximum absolute atomic E-state index is 13.5. The van der Waals surface area contributed by atoms with Gasteiger partial charge in [0, 0.05) is 10.9 Å². The van der Waals surface area contributed by atoms with Crippen LogP contribution in [-0.4, -0.2) is 21.6 Å². The van der Waals surface area contributed by atoms with Gasteiger partial charge in [-0.1, -0.05) is 28.1 Å². The molecule has 0 aromatic heterocycles. The fourth-order valence-corrected chi connectivity index (χ4v) is 1.66. The maximum atomic E-state index is 13.5. The number of aliphatic hydroxyl groups is 2. The Hall–Kier alpha value is -0.960. The topological polar surface area (TPSA) is 64.2 Å². The van der Waals surface area contributed by atoms with Crippen molar-refractivity contribution in [2.75, 3.05) is 5.33 Å². The number of aliphatic hydroxyl groups excluding tert-OH is 2. The molecule has 1 aromatic rings. The first-order chi connectivity index (χ1) is 7.60. The van der Waals surface area contributed by atoms with Crippen molar-refractivity contribution in [1.29, 1.82) is 5.26 Å². The van der Waals surface area contributed by atoms with E-state index < -0.39 is 18.0 Å². The van der Waals surface area contributed by atoms with E-state index in [1.54, 1.807) is 6.07 Å². The monoisotopic (exact) mass is 287 g/mol. The molecule has 5 heteroatoms. The molecule has 0 saturated heterocycles. The zero-order valence-electron chi connectivity index (χ0n) is 8.40. The lowest BCUT2D eigenvalue weighted by molar-refractivity contribution is 0.0320. The number of rotatable bonds is 4. The van der Waals surface area contributed by atoms with Crippen molar-refractivity contribution in [3.8, 4) is 6.07 Å². The van der Waals surface area contributed by atoms with Crippen molar-refractivity contribution in [2.24, 2.45) is 0 Å². The van der Waals surface area contributed by atoms with E-state index in [-0.39, 0.29) is 17.3 Å². The van der Waals surface area contributed by atoms with E-state index in [1.807, 2.05) is 6.07 Å². The third-order valence-corrected chi connectivity index (χ3v) is 2.85. The van der Waals surface area contributed by atoms with Gasteiger partial charge in [0.1, 0.15) is 11.9 Å². The second-order valence-electron chi connectivity index (χ2n) is 3.36. The number of benzene rings is 1. The van der Waals surface area contributed by atoms with Crippen molar-refractivity contribution in [3.63, 3.8) is 0 Å². The van der Waals surface area contributed by atoms with Gasteiger partial charge in [0.25, 0.3) is 0 Å². The quantitative estimate of drug-likeness (QED) is 0.828. The van der Waals surface area contributed by atoms with Gasteiger partial charge < -0.3 is 10.2 Å². The summed E-state index contributed by atoms with van der Waals surface area (Å²) < 4.78 is 13.5. The highest BCUT2D eigenvalue weighted by Crippen LogP contribution is 2.22. The Balaban J connectivity index is 2.95. The molecule has 2 unspecified atom stereocenters. The molecule has 0 amide bonds. The molecule has 2 N–H and O–H groups in total. The summed E-state index contributed by atoms with van der Waals surface area (Å²) in [5.74, 6) is -0.611. The molecule has 0 bridgehead atoms. The molecular formula is C11H11BrFNO2. The molecule has 1 rings (SSSR count). The minimum Gasteiger partial charge on any atom is -0.389 e. The minimum absolute atomic E-state index is 0.0358. The molecule has 16 heavy (non-hydrogen) atoms. The van der Waals surface area contributed by atoms with Crippen LogP contribution in [0.2, 0.25) is 0 Å². The van der Waals surface area contributed by atoms with Crippen LogP contribution in [0, 0.1) is 17.1 Å². The molecule has 0 aliphatic rings. The van der Waals surface area contributed by atoms with E-state index in [9.17, 15) is 14.6 Å². The minimum atomic E-state index is -1.27. The van der Waals surface area contributed by atoms with E-state index in [0.717, 1.165) is 0 Å². The predicted octanol–water partition coefficient (Wildman–Crippen LogP) is 1.68. The summed E-state index contributed by atoms with van der Waals surface area (Å²) >= 11 is 3.00. The van der Waals surface area contributed by atoms with Gasteiger partial charge in [0.15, 0.2) is 0 Å². The van der Waals surface area contributed by atoms with Crippen LogP contribution < -0.4 is 0 Å². The van der Waals surface area contributed by atoms with Crippen LogP contribution in [0.3, 0.4) is 0 Å². The largest absolute Gasteiger partial charge is 0.389 e. The Morgan fingerprint density at radius 3 is 2.62 bits per heavy atom. The van der Waals surface area contributed by atoms with Crippen LogP contribution in [0.25, 0.3) is 0 Å². The van der Waals surface area contributed by atoms with Crippen LogP contribution in [0.1, 0.15) is 17.2 Å². The van der Waals surface area contributed by atoms with Gasteiger partial charge in [-0.2, -0.15) is 5.26 Å². The SMILES string of the molecule is N#CCc1ccc(C(O)C(O)CBr)c(F)c1. The lowest BCUT2D eigenvalue weighted by atomic mass is 10.0. The molecule has 3 nitrogen and oxygen atoms in total. The molecule has 0 heterocycles. The number of nitrogens with zero attached hydrogens (tertiary/aromatic N) is 1. The normalized spacial score (nSPS) is 14.2. The standard InChI is InChI=1S/C11H11BrFNO2/c12-6-10(15)11(16)8-2-1-7(3-4-14)5-9(8)13/h1-2,5,10-11,15-16H,3,6H2. The van der Waals surface area contributed by atoms with Crippen LogP contribution in [0.4, 0.5) is 4.39 Å². The molecule has 0 saturated carbocycles. The summed E-state index contributed by atoms with van der Waals surface area (Å²) in [6.07, 6.45) is -2.21. The summed E-state index contributed by atoms with van der Waals surface area (Å²) in [7, 11) is 0. The smallest absolute Gasteiger partial charge is 0.129 e. The Kier molecular flexibility index (Phi) is 4.87. The van der Waals surface area contributed by atoms with Crippen LogP contribution in [-0.2, 0) is 6.42 Å². The fraction of sp³-hybridized carbons (Fsp3) is 0.364. The number of alkyl halides is 1. The number of nitriles is 1. The molecule has 2 atom stereocenters. The maximum Gasteiger partial charge on any atom is 0.129 e. The molecule has 0 spiro atoms. The zero-order chi connectivity index (χ0) is 12.1. The Morgan fingerprint density at radius 1 is 1.44 bits per heavy atom. The van der Waals surface area contributed by atoms with E-state index >= 15 is 0 Å². The predicted molar refractivity (Wildman–Crippen MR) is 60.5 cm³/mol. The lowest BCUT2D eigenvalue weighted by Gasteiger charge is -2.16. The van der Waals surface area contributed by atoms with Crippen LogP contribution >= 0.6 is 15.9 Å². The van der Waals surface area contributed by atoms with Crippen molar-refractivity contribution in [1.82, 2.24) is 0 Å². The average Bonchev–Trinajstić information content (AvgIpc) is 2.28. The third kappa shape index (κ3) is 3.01. The third-order valence-electron chi connectivity index (χ3n) is 2.19. The molecule has 0 aliphatic heterocycles. The first kappa shape index (κ1) is 13.1. The Labute approximate surface area is 101 Å². The lowest BCUT2D eigenvalue weighted by Crippen LogP contribution is -2.20. The molecule has 1 aromatic carbocycles. The van der Waals surface area contributed by atoms with E-state index in [1.165, 1.54) is 12.1 Å². The highest BCUT2D eigenvalue weighted by molar-refractivity contribution is 9.09. The van der Waals surface area contributed by atoms with Gasteiger partial charge >= 0.3 is 0 Å². The van der Waals surface area contributed by atoms with Gasteiger partial charge in [-0.15, -0.1) is 0 Å². The summed E-state index contributed by atoms with van der Waals surface area (Å²) in [4.78, 5) is 0. The van der Waals surface area contributed by atoms with E-state index in [0.29, 0.717) is 5.56 Å². The number of hydrogen-bond acceptors (Lipinski definition) is 3. The first-order valence-corrected chi connectivity index (χ1v) is 5.79. The van der Waals surface area contributed by atoms with Crippen molar-refractivity contribution >= 4 is 15.9 Å². The summed E-state index contributed by atoms with van der Waals surface area (Å²) in [5, 5.41) is 27.6. The molecule has 0 aliphatic carbocycles. The average molecular weight is 288 g/mol. The second kappa shape index (κ2) is 5.94. The highest BCUT2D eigenvalue weighted by atomic mass is 79.9. The van der Waals surface area contributed by atoms with Crippen molar-refractivity contribution in [2.45, 2.75) is 18.6 Å². The van der Waals surface area contributed by atoms with Crippen molar-refractivity contribution in [3.05, 3.63) is 35.1 Å². The van der Waals surface area contributed by atoms with Gasteiger partial charge in [0.05, 0.1) is 18.6 Å². The second-order valence-corrected chi connectivity index (χ2v) is 4.00. The zero-order valence-corrected chi connectivity index (χ0v) is 9.98. The van der Waals surface area contributed by atoms with Gasteiger partial charge in [-0.25, -0.2) is 4.39 Å². The summed E-state index contributed by atoms with van der Waals surface area (Å²) in [6.45, 7) is 0. The van der Waals surface area contributed by atoms with Gasteiger partial charge in [-0.05, 0) is 11.6 Å².